The highest BCUT2D eigenvalue weighted by atomic mass is 32.1. The molecule has 0 unspecified atom stereocenters. The van der Waals surface area contributed by atoms with Gasteiger partial charge in [-0.2, -0.15) is 10.2 Å². The van der Waals surface area contributed by atoms with Gasteiger partial charge in [-0.15, -0.1) is 11.3 Å². The van der Waals surface area contributed by atoms with E-state index in [2.05, 4.69) is 38.7 Å². The molecule has 0 bridgehead atoms. The Morgan fingerprint density at radius 3 is 2.44 bits per heavy atom. The second-order valence-electron chi connectivity index (χ2n) is 6.45. The molecule has 3 rings (SSSR count). The van der Waals surface area contributed by atoms with Crippen LogP contribution in [0.25, 0.3) is 10.2 Å². The van der Waals surface area contributed by atoms with E-state index in [9.17, 15) is 0 Å². The van der Waals surface area contributed by atoms with Crippen molar-refractivity contribution >= 4 is 21.6 Å². The summed E-state index contributed by atoms with van der Waals surface area (Å²) < 4.78 is 6.16. The molecule has 2 heterocycles. The van der Waals surface area contributed by atoms with E-state index >= 15 is 0 Å². The highest BCUT2D eigenvalue weighted by Gasteiger charge is 2.17. The number of aryl methyl sites for hydroxylation is 2. The molecule has 6 heteroatoms. The van der Waals surface area contributed by atoms with Crippen LogP contribution in [-0.2, 0) is 13.0 Å². The largest absolute Gasteiger partial charge is 0.438 e. The van der Waals surface area contributed by atoms with Crippen LogP contribution in [0.5, 0.6) is 11.6 Å². The number of hydrogen-bond donors (Lipinski definition) is 0. The summed E-state index contributed by atoms with van der Waals surface area (Å²) >= 11 is 1.68. The lowest BCUT2D eigenvalue weighted by Gasteiger charge is -2.17. The fourth-order valence-electron chi connectivity index (χ4n) is 2.92. The zero-order valence-corrected chi connectivity index (χ0v) is 17.1. The van der Waals surface area contributed by atoms with E-state index in [4.69, 9.17) is 20.0 Å². The van der Waals surface area contributed by atoms with Gasteiger partial charge in [0.25, 0.3) is 0 Å². The molecule has 0 atom stereocenters. The fourth-order valence-corrected chi connectivity index (χ4v) is 3.96. The Hall–Kier alpha value is -2.49. The number of nitrogens with zero attached hydrogens (tertiary/aromatic N) is 4. The zero-order valence-electron chi connectivity index (χ0n) is 16.2. The van der Waals surface area contributed by atoms with Crippen molar-refractivity contribution in [1.82, 2.24) is 14.9 Å². The minimum atomic E-state index is 0.398. The van der Waals surface area contributed by atoms with E-state index < -0.39 is 0 Å². The Bertz CT molecular complexity index is 968. The second-order valence-corrected chi connectivity index (χ2v) is 7.65. The maximum Gasteiger partial charge on any atom is 0.231 e. The summed E-state index contributed by atoms with van der Waals surface area (Å²) in [5.41, 5.74) is 2.14. The summed E-state index contributed by atoms with van der Waals surface area (Å²) in [5.74, 6) is 2.11. The maximum absolute atomic E-state index is 8.82. The van der Waals surface area contributed by atoms with Crippen LogP contribution in [0.15, 0.2) is 24.3 Å². The number of ether oxygens (including phenoxy) is 1. The first-order chi connectivity index (χ1) is 13.0. The molecule has 5 nitrogen and oxygen atoms in total. The van der Waals surface area contributed by atoms with E-state index in [0.717, 1.165) is 34.7 Å². The molecular formula is C21H24N4OS. The number of hydrogen-bond acceptors (Lipinski definition) is 6. The standard InChI is InChI=1S/C21H24N4OS/c1-5-25(6-2)13-18-23-20(19-14(3)15(4)27-21(19)24-18)26-17-9-7-16(8-10-17)11-12-22/h7-10H,5-6,11,13H2,1-4H3. The van der Waals surface area contributed by atoms with Gasteiger partial charge in [-0.1, -0.05) is 26.0 Å². The third-order valence-corrected chi connectivity index (χ3v) is 5.82. The molecular weight excluding hydrogens is 356 g/mol. The molecule has 0 aliphatic rings. The van der Waals surface area contributed by atoms with Gasteiger partial charge in [0.05, 0.1) is 24.4 Å². The number of nitriles is 1. The van der Waals surface area contributed by atoms with Crippen LogP contribution >= 0.6 is 11.3 Å². The lowest BCUT2D eigenvalue weighted by Crippen LogP contribution is -2.23. The molecule has 0 radical (unpaired) electrons. The molecule has 0 fully saturated rings. The lowest BCUT2D eigenvalue weighted by atomic mass is 10.1. The minimum absolute atomic E-state index is 0.398. The Balaban J connectivity index is 1.99. The fraction of sp³-hybridized carbons (Fsp3) is 0.381. The molecule has 0 N–H and O–H groups in total. The molecule has 0 saturated carbocycles. The Morgan fingerprint density at radius 1 is 1.11 bits per heavy atom. The molecule has 0 aliphatic carbocycles. The summed E-state index contributed by atoms with van der Waals surface area (Å²) in [7, 11) is 0. The molecule has 2 aromatic heterocycles. The highest BCUT2D eigenvalue weighted by Crippen LogP contribution is 2.36. The monoisotopic (exact) mass is 380 g/mol. The van der Waals surface area contributed by atoms with Crippen LogP contribution in [0.4, 0.5) is 0 Å². The molecule has 0 spiro atoms. The van der Waals surface area contributed by atoms with Gasteiger partial charge in [0.1, 0.15) is 16.4 Å². The van der Waals surface area contributed by atoms with E-state index in [0.29, 0.717) is 24.6 Å². The average Bonchev–Trinajstić information content (AvgIpc) is 2.95. The third-order valence-electron chi connectivity index (χ3n) is 4.72. The van der Waals surface area contributed by atoms with Crippen LogP contribution < -0.4 is 4.74 Å². The topological polar surface area (TPSA) is 62.0 Å². The van der Waals surface area contributed by atoms with Crippen molar-refractivity contribution in [3.8, 4) is 17.7 Å². The van der Waals surface area contributed by atoms with Gasteiger partial charge in [-0.3, -0.25) is 4.90 Å². The van der Waals surface area contributed by atoms with Crippen molar-refractivity contribution in [2.75, 3.05) is 13.1 Å². The quantitative estimate of drug-likeness (QED) is 0.577. The van der Waals surface area contributed by atoms with E-state index in [1.807, 2.05) is 24.3 Å². The first-order valence-corrected chi connectivity index (χ1v) is 10.00. The van der Waals surface area contributed by atoms with Crippen LogP contribution in [0.2, 0.25) is 0 Å². The van der Waals surface area contributed by atoms with Crippen LogP contribution in [0, 0.1) is 25.2 Å². The number of fused-ring (bicyclic) bond motifs is 1. The Labute approximate surface area is 164 Å². The van der Waals surface area contributed by atoms with E-state index in [-0.39, 0.29) is 0 Å². The van der Waals surface area contributed by atoms with Crippen molar-refractivity contribution in [3.63, 3.8) is 0 Å². The third kappa shape index (κ3) is 4.26. The molecule has 140 valence electrons. The zero-order chi connectivity index (χ0) is 19.4. The van der Waals surface area contributed by atoms with Gasteiger partial charge in [-0.05, 0) is 50.2 Å². The van der Waals surface area contributed by atoms with Gasteiger partial charge in [-0.25, -0.2) is 4.98 Å². The number of aromatic nitrogens is 2. The molecule has 0 saturated heterocycles. The predicted octanol–water partition coefficient (Wildman–Crippen LogP) is 5.01. The van der Waals surface area contributed by atoms with Gasteiger partial charge < -0.3 is 4.74 Å². The van der Waals surface area contributed by atoms with Gasteiger partial charge in [0.15, 0.2) is 0 Å². The van der Waals surface area contributed by atoms with Gasteiger partial charge in [0, 0.05) is 4.88 Å². The lowest BCUT2D eigenvalue weighted by molar-refractivity contribution is 0.287. The highest BCUT2D eigenvalue weighted by molar-refractivity contribution is 7.18. The van der Waals surface area contributed by atoms with Crippen LogP contribution in [0.3, 0.4) is 0 Å². The molecule has 0 amide bonds. The second kappa shape index (κ2) is 8.47. The van der Waals surface area contributed by atoms with Gasteiger partial charge in [0.2, 0.25) is 5.88 Å². The first kappa shape index (κ1) is 19.3. The minimum Gasteiger partial charge on any atom is -0.438 e. The van der Waals surface area contributed by atoms with Crippen molar-refractivity contribution < 1.29 is 4.74 Å². The SMILES string of the molecule is CCN(CC)Cc1nc(Oc2ccc(CC#N)cc2)c2c(C)c(C)sc2n1. The van der Waals surface area contributed by atoms with Gasteiger partial charge >= 0.3 is 0 Å². The number of benzene rings is 1. The Kier molecular flexibility index (Phi) is 6.04. The maximum atomic E-state index is 8.82. The first-order valence-electron chi connectivity index (χ1n) is 9.18. The van der Waals surface area contributed by atoms with E-state index in [1.165, 1.54) is 10.4 Å². The van der Waals surface area contributed by atoms with Crippen LogP contribution in [-0.4, -0.2) is 28.0 Å². The predicted molar refractivity (Wildman–Crippen MR) is 109 cm³/mol. The number of rotatable bonds is 7. The summed E-state index contributed by atoms with van der Waals surface area (Å²) in [5, 5.41) is 9.81. The van der Waals surface area contributed by atoms with Crippen LogP contribution in [0.1, 0.15) is 35.7 Å². The van der Waals surface area contributed by atoms with E-state index in [1.54, 1.807) is 11.3 Å². The number of thiophene rings is 1. The summed E-state index contributed by atoms with van der Waals surface area (Å²) in [4.78, 5) is 14.0. The Morgan fingerprint density at radius 2 is 1.81 bits per heavy atom. The molecule has 0 aliphatic heterocycles. The van der Waals surface area contributed by atoms with Crippen molar-refractivity contribution in [2.24, 2.45) is 0 Å². The summed E-state index contributed by atoms with van der Waals surface area (Å²) in [6, 6.07) is 9.77. The molecule has 27 heavy (non-hydrogen) atoms. The average molecular weight is 381 g/mol. The van der Waals surface area contributed by atoms with Crippen molar-refractivity contribution in [3.05, 3.63) is 46.1 Å². The van der Waals surface area contributed by atoms with Crippen molar-refractivity contribution in [1.29, 1.82) is 5.26 Å². The molecule has 1 aromatic carbocycles. The summed E-state index contributed by atoms with van der Waals surface area (Å²) in [6.07, 6.45) is 0.398. The summed E-state index contributed by atoms with van der Waals surface area (Å²) in [6.45, 7) is 11.1. The normalized spacial score (nSPS) is 11.1. The molecule has 3 aromatic rings. The van der Waals surface area contributed by atoms with Crippen molar-refractivity contribution in [2.45, 2.75) is 40.7 Å². The smallest absolute Gasteiger partial charge is 0.231 e.